The number of carbonyl (C=O) groups excluding carboxylic acids is 1. The Morgan fingerprint density at radius 1 is 1.29 bits per heavy atom. The third kappa shape index (κ3) is 5.53. The van der Waals surface area contributed by atoms with Crippen LogP contribution in [0.3, 0.4) is 0 Å². The van der Waals surface area contributed by atoms with Gasteiger partial charge in [-0.25, -0.2) is 0 Å². The predicted octanol–water partition coefficient (Wildman–Crippen LogP) is 2.45. The number of amides is 1. The van der Waals surface area contributed by atoms with Crippen LogP contribution in [0.1, 0.15) is 59.3 Å². The molecule has 1 fully saturated rings. The molecule has 0 aromatic heterocycles. The first-order valence-electron chi connectivity index (χ1n) is 6.95. The second-order valence-corrected chi connectivity index (χ2v) is 6.28. The van der Waals surface area contributed by atoms with Crippen molar-refractivity contribution >= 4 is 5.91 Å². The van der Waals surface area contributed by atoms with Crippen molar-refractivity contribution in [1.29, 1.82) is 0 Å². The Hall–Kier alpha value is -0.570. The number of nitrogens with two attached hydrogens (primary N) is 1. The maximum atomic E-state index is 11.8. The highest BCUT2D eigenvalue weighted by Gasteiger charge is 2.22. The van der Waals surface area contributed by atoms with Gasteiger partial charge >= 0.3 is 0 Å². The first-order valence-corrected chi connectivity index (χ1v) is 6.95. The van der Waals surface area contributed by atoms with Crippen LogP contribution in [0.4, 0.5) is 0 Å². The Kier molecular flexibility index (Phi) is 5.44. The molecule has 0 unspecified atom stereocenters. The smallest absolute Gasteiger partial charge is 0.220 e. The Labute approximate surface area is 106 Å². The van der Waals surface area contributed by atoms with Gasteiger partial charge < -0.3 is 11.1 Å². The van der Waals surface area contributed by atoms with Gasteiger partial charge in [-0.1, -0.05) is 20.8 Å². The summed E-state index contributed by atoms with van der Waals surface area (Å²) in [6.07, 6.45) is 6.17. The topological polar surface area (TPSA) is 55.1 Å². The van der Waals surface area contributed by atoms with Gasteiger partial charge in [0.05, 0.1) is 0 Å². The first-order chi connectivity index (χ1) is 7.93. The molecule has 3 N–H and O–H groups in total. The summed E-state index contributed by atoms with van der Waals surface area (Å²) in [5.41, 5.74) is 6.07. The molecule has 0 heterocycles. The molecule has 0 aliphatic heterocycles. The molecule has 0 aromatic carbocycles. The van der Waals surface area contributed by atoms with E-state index in [0.717, 1.165) is 38.6 Å². The van der Waals surface area contributed by atoms with E-state index in [1.807, 2.05) is 0 Å². The number of nitrogens with one attached hydrogen (secondary N) is 1. The molecule has 1 rings (SSSR count). The van der Waals surface area contributed by atoms with E-state index in [-0.39, 0.29) is 11.3 Å². The molecule has 1 aliphatic rings. The average Bonchev–Trinajstić information content (AvgIpc) is 2.30. The summed E-state index contributed by atoms with van der Waals surface area (Å²) in [7, 11) is 0. The van der Waals surface area contributed by atoms with E-state index < -0.39 is 0 Å². The van der Waals surface area contributed by atoms with Crippen LogP contribution in [0.15, 0.2) is 0 Å². The highest BCUT2D eigenvalue weighted by molar-refractivity contribution is 5.76. The summed E-state index contributed by atoms with van der Waals surface area (Å²) in [6.45, 7) is 7.32. The van der Waals surface area contributed by atoms with Gasteiger partial charge in [0.15, 0.2) is 0 Å². The fourth-order valence-electron chi connectivity index (χ4n) is 2.19. The van der Waals surface area contributed by atoms with Crippen LogP contribution in [0.5, 0.6) is 0 Å². The van der Waals surface area contributed by atoms with Crippen LogP contribution in [0, 0.1) is 11.3 Å². The van der Waals surface area contributed by atoms with Crippen LogP contribution < -0.4 is 11.1 Å². The highest BCUT2D eigenvalue weighted by atomic mass is 16.1. The standard InChI is InChI=1S/C14H28N2O/c1-4-14(2,3)10-16-13(17)9-11-5-7-12(15)8-6-11/h11-12H,4-10,15H2,1-3H3,(H,16,17). The Bertz CT molecular complexity index is 243. The van der Waals surface area contributed by atoms with Crippen molar-refractivity contribution in [2.24, 2.45) is 17.1 Å². The van der Waals surface area contributed by atoms with E-state index in [9.17, 15) is 4.79 Å². The first kappa shape index (κ1) is 14.5. The molecule has 3 heteroatoms. The summed E-state index contributed by atoms with van der Waals surface area (Å²) < 4.78 is 0. The van der Waals surface area contributed by atoms with Gasteiger partial charge in [-0.2, -0.15) is 0 Å². The average molecular weight is 240 g/mol. The molecule has 17 heavy (non-hydrogen) atoms. The van der Waals surface area contributed by atoms with Crippen molar-refractivity contribution in [3.05, 3.63) is 0 Å². The lowest BCUT2D eigenvalue weighted by atomic mass is 9.84. The molecule has 0 atom stereocenters. The van der Waals surface area contributed by atoms with Gasteiger partial charge in [-0.05, 0) is 43.4 Å². The van der Waals surface area contributed by atoms with Crippen molar-refractivity contribution < 1.29 is 4.79 Å². The number of hydrogen-bond donors (Lipinski definition) is 2. The minimum atomic E-state index is 0.213. The minimum absolute atomic E-state index is 0.213. The number of rotatable bonds is 5. The quantitative estimate of drug-likeness (QED) is 0.775. The molecule has 1 saturated carbocycles. The molecule has 1 amide bonds. The SMILES string of the molecule is CCC(C)(C)CNC(=O)CC1CCC(N)CC1. The molecule has 3 nitrogen and oxygen atoms in total. The van der Waals surface area contributed by atoms with Crippen molar-refractivity contribution in [2.45, 2.75) is 65.3 Å². The van der Waals surface area contributed by atoms with Crippen molar-refractivity contribution in [1.82, 2.24) is 5.32 Å². The van der Waals surface area contributed by atoms with Gasteiger partial charge in [-0.3, -0.25) is 4.79 Å². The molecular formula is C14H28N2O. The Balaban J connectivity index is 2.21. The minimum Gasteiger partial charge on any atom is -0.356 e. The van der Waals surface area contributed by atoms with Crippen LogP contribution in [-0.4, -0.2) is 18.5 Å². The summed E-state index contributed by atoms with van der Waals surface area (Å²) >= 11 is 0. The van der Waals surface area contributed by atoms with E-state index in [4.69, 9.17) is 5.73 Å². The molecule has 1 aliphatic carbocycles. The van der Waals surface area contributed by atoms with Gasteiger partial charge in [0.25, 0.3) is 0 Å². The van der Waals surface area contributed by atoms with Crippen molar-refractivity contribution in [3.63, 3.8) is 0 Å². The molecular weight excluding hydrogens is 212 g/mol. The summed E-state index contributed by atoms with van der Waals surface area (Å²) in [4.78, 5) is 11.8. The second-order valence-electron chi connectivity index (χ2n) is 6.28. The van der Waals surface area contributed by atoms with E-state index in [2.05, 4.69) is 26.1 Å². The lowest BCUT2D eigenvalue weighted by molar-refractivity contribution is -0.122. The van der Waals surface area contributed by atoms with Crippen molar-refractivity contribution in [3.8, 4) is 0 Å². The van der Waals surface area contributed by atoms with E-state index in [1.54, 1.807) is 0 Å². The fourth-order valence-corrected chi connectivity index (χ4v) is 2.19. The monoisotopic (exact) mass is 240 g/mol. The summed E-state index contributed by atoms with van der Waals surface area (Å²) in [5.74, 6) is 0.770. The van der Waals surface area contributed by atoms with Gasteiger partial charge in [0.1, 0.15) is 0 Å². The maximum absolute atomic E-state index is 11.8. The second kappa shape index (κ2) is 6.39. The van der Waals surface area contributed by atoms with Gasteiger partial charge in [-0.15, -0.1) is 0 Å². The zero-order valence-electron chi connectivity index (χ0n) is 11.6. The maximum Gasteiger partial charge on any atom is 0.220 e. The van der Waals surface area contributed by atoms with E-state index in [1.165, 1.54) is 0 Å². The molecule has 0 bridgehead atoms. The highest BCUT2D eigenvalue weighted by Crippen LogP contribution is 2.26. The normalized spacial score (nSPS) is 25.6. The number of carbonyl (C=O) groups is 1. The van der Waals surface area contributed by atoms with Gasteiger partial charge in [0, 0.05) is 19.0 Å². The Morgan fingerprint density at radius 2 is 1.88 bits per heavy atom. The van der Waals surface area contributed by atoms with Crippen LogP contribution in [0.2, 0.25) is 0 Å². The Morgan fingerprint density at radius 3 is 2.41 bits per heavy atom. The largest absolute Gasteiger partial charge is 0.356 e. The zero-order valence-corrected chi connectivity index (χ0v) is 11.6. The lowest BCUT2D eigenvalue weighted by Gasteiger charge is -2.27. The van der Waals surface area contributed by atoms with E-state index in [0.29, 0.717) is 18.4 Å². The van der Waals surface area contributed by atoms with E-state index >= 15 is 0 Å². The predicted molar refractivity (Wildman–Crippen MR) is 71.6 cm³/mol. The van der Waals surface area contributed by atoms with Crippen LogP contribution in [-0.2, 0) is 4.79 Å². The number of hydrogen-bond acceptors (Lipinski definition) is 2. The van der Waals surface area contributed by atoms with Gasteiger partial charge in [0.2, 0.25) is 5.91 Å². The molecule has 0 saturated heterocycles. The lowest BCUT2D eigenvalue weighted by Crippen LogP contribution is -2.35. The molecule has 100 valence electrons. The summed E-state index contributed by atoms with van der Waals surface area (Å²) in [5, 5.41) is 3.06. The van der Waals surface area contributed by atoms with Crippen LogP contribution >= 0.6 is 0 Å². The molecule has 0 spiro atoms. The van der Waals surface area contributed by atoms with Crippen LogP contribution in [0.25, 0.3) is 0 Å². The third-order valence-corrected chi connectivity index (χ3v) is 4.09. The van der Waals surface area contributed by atoms with Crippen molar-refractivity contribution in [2.75, 3.05) is 6.54 Å². The molecule has 0 aromatic rings. The zero-order chi connectivity index (χ0) is 12.9. The molecule has 0 radical (unpaired) electrons. The fraction of sp³-hybridized carbons (Fsp3) is 0.929. The summed E-state index contributed by atoms with van der Waals surface area (Å²) in [6, 6.07) is 0.369. The third-order valence-electron chi connectivity index (χ3n) is 4.09.